The van der Waals surface area contributed by atoms with Gasteiger partial charge in [-0.3, -0.25) is 15.0 Å². The Kier molecular flexibility index (Phi) is 6.35. The molecule has 0 bridgehead atoms. The minimum Gasteiger partial charge on any atom is -0.318 e. The lowest BCUT2D eigenvalue weighted by Crippen LogP contribution is -2.40. The Hall–Kier alpha value is -2.96. The molecule has 0 aliphatic carbocycles. The third-order valence-corrected chi connectivity index (χ3v) is 4.82. The van der Waals surface area contributed by atoms with E-state index in [0.29, 0.717) is 23.0 Å². The Balaban J connectivity index is 1.72. The first-order valence-electron chi connectivity index (χ1n) is 8.61. The molecule has 1 heterocycles. The van der Waals surface area contributed by atoms with E-state index >= 15 is 0 Å². The number of anilines is 1. The normalized spacial score (nSPS) is 10.6. The summed E-state index contributed by atoms with van der Waals surface area (Å²) in [7, 11) is 0. The van der Waals surface area contributed by atoms with Crippen molar-refractivity contribution in [1.29, 1.82) is 0 Å². The van der Waals surface area contributed by atoms with Gasteiger partial charge >= 0.3 is 0 Å². The number of nitrogens with zero attached hydrogens (tertiary/aromatic N) is 1. The summed E-state index contributed by atoms with van der Waals surface area (Å²) in [6.45, 7) is 2.62. The van der Waals surface area contributed by atoms with Crippen LogP contribution in [0.4, 0.5) is 5.00 Å². The Morgan fingerprint density at radius 1 is 0.852 bits per heavy atom. The van der Waals surface area contributed by atoms with Crippen LogP contribution in [-0.2, 0) is 17.9 Å². The Bertz CT molecular complexity index is 853. The van der Waals surface area contributed by atoms with Crippen LogP contribution in [0.15, 0.2) is 72.8 Å². The smallest absolute Gasteiger partial charge is 0.275 e. The van der Waals surface area contributed by atoms with Crippen LogP contribution in [0.2, 0.25) is 0 Å². The summed E-state index contributed by atoms with van der Waals surface area (Å²) < 4.78 is 0. The fourth-order valence-corrected chi connectivity index (χ4v) is 3.48. The average Bonchev–Trinajstić information content (AvgIpc) is 3.11. The first kappa shape index (κ1) is 18.8. The summed E-state index contributed by atoms with van der Waals surface area (Å²) in [5.41, 5.74) is 5.21. The number of carbonyl (C=O) groups excluding carboxylic acids is 2. The number of carbonyl (C=O) groups is 2. The summed E-state index contributed by atoms with van der Waals surface area (Å²) in [6, 6.07) is 23.5. The summed E-state index contributed by atoms with van der Waals surface area (Å²) in [4.78, 5) is 24.4. The molecule has 3 rings (SSSR count). The lowest BCUT2D eigenvalue weighted by molar-refractivity contribution is -0.114. The van der Waals surface area contributed by atoms with Crippen molar-refractivity contribution in [1.82, 2.24) is 10.4 Å². The van der Waals surface area contributed by atoms with Crippen LogP contribution in [0, 0.1) is 0 Å². The lowest BCUT2D eigenvalue weighted by Gasteiger charge is -2.23. The molecule has 0 unspecified atom stereocenters. The summed E-state index contributed by atoms with van der Waals surface area (Å²) in [6.07, 6.45) is 0. The number of nitrogens with one attached hydrogen (secondary N) is 2. The number of thiophene rings is 1. The van der Waals surface area contributed by atoms with Gasteiger partial charge in [-0.05, 0) is 23.3 Å². The van der Waals surface area contributed by atoms with Gasteiger partial charge in [-0.2, -0.15) is 0 Å². The van der Waals surface area contributed by atoms with Crippen molar-refractivity contribution >= 4 is 28.2 Å². The second-order valence-corrected chi connectivity index (χ2v) is 7.20. The maximum absolute atomic E-state index is 12.7. The van der Waals surface area contributed by atoms with E-state index in [0.717, 1.165) is 11.1 Å². The second-order valence-electron chi connectivity index (χ2n) is 6.11. The van der Waals surface area contributed by atoms with Crippen LogP contribution in [-0.4, -0.2) is 16.8 Å². The minimum absolute atomic E-state index is 0.154. The van der Waals surface area contributed by atoms with E-state index in [4.69, 9.17) is 0 Å². The quantitative estimate of drug-likeness (QED) is 0.609. The molecule has 0 saturated carbocycles. The highest BCUT2D eigenvalue weighted by Gasteiger charge is 2.15. The molecule has 0 radical (unpaired) electrons. The van der Waals surface area contributed by atoms with Crippen LogP contribution in [0.1, 0.15) is 27.7 Å². The van der Waals surface area contributed by atoms with Gasteiger partial charge in [0.1, 0.15) is 0 Å². The maximum Gasteiger partial charge on any atom is 0.275 e. The topological polar surface area (TPSA) is 61.4 Å². The van der Waals surface area contributed by atoms with Gasteiger partial charge in [0.15, 0.2) is 0 Å². The molecular formula is C21H21N3O2S. The van der Waals surface area contributed by atoms with Crippen molar-refractivity contribution in [3.8, 4) is 0 Å². The highest BCUT2D eigenvalue weighted by atomic mass is 32.1. The Morgan fingerprint density at radius 2 is 1.41 bits per heavy atom. The SMILES string of the molecule is CC(=O)Nc1ccc(C(=O)NN(Cc2ccccc2)Cc2ccccc2)s1. The van der Waals surface area contributed by atoms with Gasteiger partial charge in [-0.25, -0.2) is 5.01 Å². The molecule has 1 aromatic heterocycles. The van der Waals surface area contributed by atoms with E-state index < -0.39 is 0 Å². The number of hydrazine groups is 1. The third-order valence-electron chi connectivity index (χ3n) is 3.82. The Labute approximate surface area is 162 Å². The zero-order chi connectivity index (χ0) is 19.1. The molecule has 2 aromatic carbocycles. The number of benzene rings is 2. The van der Waals surface area contributed by atoms with Crippen molar-refractivity contribution in [2.24, 2.45) is 0 Å². The zero-order valence-corrected chi connectivity index (χ0v) is 15.8. The molecule has 0 fully saturated rings. The largest absolute Gasteiger partial charge is 0.318 e. The van der Waals surface area contributed by atoms with E-state index in [-0.39, 0.29) is 11.8 Å². The fraction of sp³-hybridized carbons (Fsp3) is 0.143. The van der Waals surface area contributed by atoms with Gasteiger partial charge in [-0.15, -0.1) is 11.3 Å². The molecule has 0 aliphatic heterocycles. The van der Waals surface area contributed by atoms with E-state index in [1.54, 1.807) is 12.1 Å². The number of amides is 2. The first-order chi connectivity index (χ1) is 13.1. The standard InChI is InChI=1S/C21H21N3O2S/c1-16(25)22-20-13-12-19(27-20)21(26)23-24(14-17-8-4-2-5-9-17)15-18-10-6-3-7-11-18/h2-13H,14-15H2,1H3,(H,22,25)(H,23,26). The molecule has 2 amide bonds. The first-order valence-corrected chi connectivity index (χ1v) is 9.43. The number of hydrogen-bond acceptors (Lipinski definition) is 4. The minimum atomic E-state index is -0.191. The Morgan fingerprint density at radius 3 is 1.93 bits per heavy atom. The summed E-state index contributed by atoms with van der Waals surface area (Å²) in [5, 5.41) is 5.25. The van der Waals surface area contributed by atoms with E-state index in [9.17, 15) is 9.59 Å². The van der Waals surface area contributed by atoms with Gasteiger partial charge in [0, 0.05) is 20.0 Å². The van der Waals surface area contributed by atoms with Gasteiger partial charge in [0.05, 0.1) is 9.88 Å². The molecular weight excluding hydrogens is 358 g/mol. The van der Waals surface area contributed by atoms with Crippen LogP contribution >= 0.6 is 11.3 Å². The van der Waals surface area contributed by atoms with Gasteiger partial charge in [-0.1, -0.05) is 60.7 Å². The second kappa shape index (κ2) is 9.12. The third kappa shape index (κ3) is 5.77. The van der Waals surface area contributed by atoms with Crippen LogP contribution < -0.4 is 10.7 Å². The van der Waals surface area contributed by atoms with E-state index in [2.05, 4.69) is 10.7 Å². The highest BCUT2D eigenvalue weighted by Crippen LogP contribution is 2.22. The van der Waals surface area contributed by atoms with Crippen molar-refractivity contribution in [3.05, 3.63) is 88.8 Å². The molecule has 0 atom stereocenters. The molecule has 138 valence electrons. The molecule has 5 nitrogen and oxygen atoms in total. The number of hydrogen-bond donors (Lipinski definition) is 2. The highest BCUT2D eigenvalue weighted by molar-refractivity contribution is 7.18. The summed E-state index contributed by atoms with van der Waals surface area (Å²) in [5.74, 6) is -0.345. The molecule has 0 saturated heterocycles. The van der Waals surface area contributed by atoms with Gasteiger partial charge in [0.25, 0.3) is 5.91 Å². The average molecular weight is 379 g/mol. The molecule has 27 heavy (non-hydrogen) atoms. The lowest BCUT2D eigenvalue weighted by atomic mass is 10.2. The predicted octanol–water partition coefficient (Wildman–Crippen LogP) is 4.05. The predicted molar refractivity (Wildman–Crippen MR) is 108 cm³/mol. The van der Waals surface area contributed by atoms with Crippen molar-refractivity contribution in [2.45, 2.75) is 20.0 Å². The van der Waals surface area contributed by atoms with Crippen LogP contribution in [0.25, 0.3) is 0 Å². The van der Waals surface area contributed by atoms with Crippen molar-refractivity contribution in [3.63, 3.8) is 0 Å². The summed E-state index contributed by atoms with van der Waals surface area (Å²) >= 11 is 1.25. The van der Waals surface area contributed by atoms with Gasteiger partial charge < -0.3 is 5.32 Å². The molecule has 0 spiro atoms. The van der Waals surface area contributed by atoms with Crippen molar-refractivity contribution in [2.75, 3.05) is 5.32 Å². The molecule has 0 aliphatic rings. The fourth-order valence-electron chi connectivity index (χ4n) is 2.64. The monoisotopic (exact) mass is 379 g/mol. The van der Waals surface area contributed by atoms with Crippen LogP contribution in [0.3, 0.4) is 0 Å². The maximum atomic E-state index is 12.7. The van der Waals surface area contributed by atoms with Crippen molar-refractivity contribution < 1.29 is 9.59 Å². The number of rotatable bonds is 7. The molecule has 2 N–H and O–H groups in total. The van der Waals surface area contributed by atoms with E-state index in [1.165, 1.54) is 18.3 Å². The molecule has 3 aromatic rings. The molecule has 6 heteroatoms. The van der Waals surface area contributed by atoms with Crippen LogP contribution in [0.5, 0.6) is 0 Å². The zero-order valence-electron chi connectivity index (χ0n) is 15.0. The van der Waals surface area contributed by atoms with Gasteiger partial charge in [0.2, 0.25) is 5.91 Å². The van der Waals surface area contributed by atoms with E-state index in [1.807, 2.05) is 65.7 Å².